The fourth-order valence-electron chi connectivity index (χ4n) is 1.39. The summed E-state index contributed by atoms with van der Waals surface area (Å²) in [7, 11) is 0. The number of carbonyl (C=O) groups excluding carboxylic acids is 2. The maximum absolute atomic E-state index is 11.2. The van der Waals surface area contributed by atoms with Crippen LogP contribution < -0.4 is 5.32 Å². The maximum Gasteiger partial charge on any atom is 0.291 e. The lowest BCUT2D eigenvalue weighted by Gasteiger charge is -1.99. The van der Waals surface area contributed by atoms with Gasteiger partial charge in [-0.25, -0.2) is 0 Å². The number of anilines is 1. The van der Waals surface area contributed by atoms with E-state index in [0.29, 0.717) is 5.69 Å². The van der Waals surface area contributed by atoms with Gasteiger partial charge in [0, 0.05) is 24.0 Å². The van der Waals surface area contributed by atoms with Crippen molar-refractivity contribution in [2.24, 2.45) is 0 Å². The number of hydrogen-bond donors (Lipinski definition) is 2. The van der Waals surface area contributed by atoms with Gasteiger partial charge in [-0.3, -0.25) is 9.59 Å². The molecule has 2 aromatic rings. The summed E-state index contributed by atoms with van der Waals surface area (Å²) in [4.78, 5) is 25.0. The summed E-state index contributed by atoms with van der Waals surface area (Å²) in [5.41, 5.74) is 1.56. The number of amides is 1. The molecule has 0 aliphatic carbocycles. The molecule has 4 heteroatoms. The van der Waals surface area contributed by atoms with E-state index in [1.807, 2.05) is 24.3 Å². The first-order valence-corrected chi connectivity index (χ1v) is 4.56. The van der Waals surface area contributed by atoms with Crippen LogP contribution in [0.15, 0.2) is 30.5 Å². The van der Waals surface area contributed by atoms with E-state index in [9.17, 15) is 9.59 Å². The zero-order valence-corrected chi connectivity index (χ0v) is 8.20. The fourth-order valence-corrected chi connectivity index (χ4v) is 1.39. The molecule has 15 heavy (non-hydrogen) atoms. The third-order valence-electron chi connectivity index (χ3n) is 2.16. The SMILES string of the molecule is CC(=O)C(=O)Nc1c[nH]c2ccccc12. The monoisotopic (exact) mass is 202 g/mol. The lowest BCUT2D eigenvalue weighted by molar-refractivity contribution is -0.133. The summed E-state index contributed by atoms with van der Waals surface area (Å²) >= 11 is 0. The number of fused-ring (bicyclic) bond motifs is 1. The summed E-state index contributed by atoms with van der Waals surface area (Å²) in [6.07, 6.45) is 1.67. The smallest absolute Gasteiger partial charge is 0.291 e. The van der Waals surface area contributed by atoms with Gasteiger partial charge in [0.2, 0.25) is 5.78 Å². The topological polar surface area (TPSA) is 62.0 Å². The van der Waals surface area contributed by atoms with Crippen molar-refractivity contribution in [1.29, 1.82) is 0 Å². The summed E-state index contributed by atoms with van der Waals surface area (Å²) in [5, 5.41) is 3.44. The molecule has 0 fully saturated rings. The second-order valence-electron chi connectivity index (χ2n) is 3.26. The zero-order chi connectivity index (χ0) is 10.8. The van der Waals surface area contributed by atoms with Crippen LogP contribution in [0.3, 0.4) is 0 Å². The molecule has 0 aliphatic heterocycles. The molecule has 0 radical (unpaired) electrons. The third kappa shape index (κ3) is 1.74. The number of para-hydroxylation sites is 1. The van der Waals surface area contributed by atoms with Crippen molar-refractivity contribution >= 4 is 28.3 Å². The molecule has 2 rings (SSSR count). The summed E-state index contributed by atoms with van der Waals surface area (Å²) in [5.74, 6) is -1.10. The molecule has 0 saturated heterocycles. The molecular formula is C11H10N2O2. The Morgan fingerprint density at radius 3 is 2.73 bits per heavy atom. The van der Waals surface area contributed by atoms with Gasteiger partial charge < -0.3 is 10.3 Å². The quantitative estimate of drug-likeness (QED) is 0.728. The number of hydrogen-bond acceptors (Lipinski definition) is 2. The molecule has 4 nitrogen and oxygen atoms in total. The third-order valence-corrected chi connectivity index (χ3v) is 2.16. The number of aromatic nitrogens is 1. The number of carbonyl (C=O) groups is 2. The van der Waals surface area contributed by atoms with Crippen LogP contribution in [0.5, 0.6) is 0 Å². The number of H-pyrrole nitrogens is 1. The van der Waals surface area contributed by atoms with E-state index in [0.717, 1.165) is 10.9 Å². The van der Waals surface area contributed by atoms with E-state index in [-0.39, 0.29) is 0 Å². The molecule has 0 unspecified atom stereocenters. The van der Waals surface area contributed by atoms with Gasteiger partial charge in [-0.15, -0.1) is 0 Å². The van der Waals surface area contributed by atoms with Crippen molar-refractivity contribution in [3.8, 4) is 0 Å². The minimum absolute atomic E-state index is 0.500. The molecule has 2 N–H and O–H groups in total. The molecule has 0 spiro atoms. The second kappa shape index (κ2) is 3.57. The molecule has 76 valence electrons. The van der Waals surface area contributed by atoms with Crippen molar-refractivity contribution in [2.75, 3.05) is 5.32 Å². The van der Waals surface area contributed by atoms with Crippen molar-refractivity contribution in [1.82, 2.24) is 4.98 Å². The van der Waals surface area contributed by atoms with Gasteiger partial charge in [0.15, 0.2) is 0 Å². The highest BCUT2D eigenvalue weighted by molar-refractivity contribution is 6.40. The molecule has 1 aromatic carbocycles. The zero-order valence-electron chi connectivity index (χ0n) is 8.20. The number of Topliss-reactive ketones (excluding diaryl/α,β-unsaturated/α-hetero) is 1. The fraction of sp³-hybridized carbons (Fsp3) is 0.0909. The van der Waals surface area contributed by atoms with E-state index >= 15 is 0 Å². The van der Waals surface area contributed by atoms with Crippen molar-refractivity contribution in [2.45, 2.75) is 6.92 Å². The normalized spacial score (nSPS) is 10.2. The Bertz CT molecular complexity index is 528. The lowest BCUT2D eigenvalue weighted by Crippen LogP contribution is -2.19. The Balaban J connectivity index is 2.37. The molecule has 0 atom stereocenters. The van der Waals surface area contributed by atoms with Crippen LogP contribution in [0.4, 0.5) is 5.69 Å². The van der Waals surface area contributed by atoms with E-state index in [1.54, 1.807) is 6.20 Å². The van der Waals surface area contributed by atoms with Gasteiger partial charge in [0.1, 0.15) is 0 Å². The summed E-state index contributed by atoms with van der Waals surface area (Å²) in [6, 6.07) is 7.55. The number of rotatable bonds is 2. The second-order valence-corrected chi connectivity index (χ2v) is 3.26. The van der Waals surface area contributed by atoms with E-state index in [2.05, 4.69) is 10.3 Å². The minimum atomic E-state index is -0.597. The maximum atomic E-state index is 11.2. The van der Waals surface area contributed by atoms with Crippen molar-refractivity contribution in [3.05, 3.63) is 30.5 Å². The van der Waals surface area contributed by atoms with Gasteiger partial charge in [0.25, 0.3) is 5.91 Å². The molecule has 1 heterocycles. The first kappa shape index (κ1) is 9.45. The molecule has 0 saturated carbocycles. The predicted octanol–water partition coefficient (Wildman–Crippen LogP) is 1.70. The van der Waals surface area contributed by atoms with Crippen molar-refractivity contribution < 1.29 is 9.59 Å². The highest BCUT2D eigenvalue weighted by Crippen LogP contribution is 2.22. The first-order chi connectivity index (χ1) is 7.18. The highest BCUT2D eigenvalue weighted by atomic mass is 16.2. The van der Waals surface area contributed by atoms with Gasteiger partial charge in [-0.1, -0.05) is 18.2 Å². The van der Waals surface area contributed by atoms with Crippen LogP contribution >= 0.6 is 0 Å². The predicted molar refractivity (Wildman–Crippen MR) is 57.6 cm³/mol. The van der Waals surface area contributed by atoms with E-state index in [4.69, 9.17) is 0 Å². The molecule has 0 bridgehead atoms. The standard InChI is InChI=1S/C11H10N2O2/c1-7(14)11(15)13-10-6-12-9-5-3-2-4-8(9)10/h2-6,12H,1H3,(H,13,15). The average molecular weight is 202 g/mol. The van der Waals surface area contributed by atoms with E-state index < -0.39 is 11.7 Å². The van der Waals surface area contributed by atoms with Crippen LogP contribution in [0.1, 0.15) is 6.92 Å². The number of benzene rings is 1. The number of ketones is 1. The highest BCUT2D eigenvalue weighted by Gasteiger charge is 2.10. The lowest BCUT2D eigenvalue weighted by atomic mass is 10.2. The van der Waals surface area contributed by atoms with Gasteiger partial charge in [0.05, 0.1) is 5.69 Å². The Morgan fingerprint density at radius 1 is 1.27 bits per heavy atom. The van der Waals surface area contributed by atoms with Gasteiger partial charge in [-0.05, 0) is 6.07 Å². The largest absolute Gasteiger partial charge is 0.359 e. The van der Waals surface area contributed by atoms with Crippen LogP contribution in [-0.4, -0.2) is 16.7 Å². The van der Waals surface area contributed by atoms with Crippen LogP contribution in [-0.2, 0) is 9.59 Å². The Labute approximate surface area is 86.3 Å². The van der Waals surface area contributed by atoms with Crippen LogP contribution in [0, 0.1) is 0 Å². The summed E-state index contributed by atoms with van der Waals surface area (Å²) in [6.45, 7) is 1.24. The molecular weight excluding hydrogens is 192 g/mol. The summed E-state index contributed by atoms with van der Waals surface area (Å²) < 4.78 is 0. The Hall–Kier alpha value is -2.10. The number of aromatic amines is 1. The van der Waals surface area contributed by atoms with Crippen LogP contribution in [0.2, 0.25) is 0 Å². The van der Waals surface area contributed by atoms with Crippen LogP contribution in [0.25, 0.3) is 10.9 Å². The molecule has 1 amide bonds. The Morgan fingerprint density at radius 2 is 2.00 bits per heavy atom. The first-order valence-electron chi connectivity index (χ1n) is 4.56. The Kier molecular flexibility index (Phi) is 2.25. The van der Waals surface area contributed by atoms with Crippen molar-refractivity contribution in [3.63, 3.8) is 0 Å². The van der Waals surface area contributed by atoms with Gasteiger partial charge >= 0.3 is 0 Å². The minimum Gasteiger partial charge on any atom is -0.359 e. The molecule has 0 aliphatic rings. The average Bonchev–Trinajstić information content (AvgIpc) is 2.62. The van der Waals surface area contributed by atoms with E-state index in [1.165, 1.54) is 6.92 Å². The number of nitrogens with one attached hydrogen (secondary N) is 2. The molecule has 1 aromatic heterocycles. The van der Waals surface area contributed by atoms with Gasteiger partial charge in [-0.2, -0.15) is 0 Å².